The number of nitrogens with one attached hydrogen (secondary N) is 2. The van der Waals surface area contributed by atoms with Crippen LogP contribution in [0.5, 0.6) is 0 Å². The molecule has 0 aromatic carbocycles. The summed E-state index contributed by atoms with van der Waals surface area (Å²) < 4.78 is 0. The summed E-state index contributed by atoms with van der Waals surface area (Å²) in [4.78, 5) is 16.9. The molecule has 0 saturated carbocycles. The topological polar surface area (TPSA) is 83.6 Å². The van der Waals surface area contributed by atoms with Gasteiger partial charge in [0.25, 0.3) is 5.91 Å². The van der Waals surface area contributed by atoms with Crippen LogP contribution < -0.4 is 5.32 Å². The first kappa shape index (κ1) is 10.7. The van der Waals surface area contributed by atoms with Crippen LogP contribution in [0.4, 0.5) is 0 Å². The third-order valence-electron chi connectivity index (χ3n) is 2.00. The molecule has 84 valence electrons. The molecule has 0 aliphatic heterocycles. The van der Waals surface area contributed by atoms with Gasteiger partial charge in [0.05, 0.1) is 12.7 Å². The van der Waals surface area contributed by atoms with Gasteiger partial charge in [0.2, 0.25) is 0 Å². The molecule has 16 heavy (non-hydrogen) atoms. The Labute approximate surface area is 96.1 Å². The lowest BCUT2D eigenvalue weighted by Crippen LogP contribution is -2.23. The third kappa shape index (κ3) is 2.43. The van der Waals surface area contributed by atoms with E-state index < -0.39 is 0 Å². The van der Waals surface area contributed by atoms with Gasteiger partial charge < -0.3 is 5.32 Å². The second-order valence-electron chi connectivity index (χ2n) is 3.11. The SMILES string of the molecule is CCc1cnc(CNC(=O)c2cn[nH]n2)s1. The second kappa shape index (κ2) is 4.84. The zero-order valence-electron chi connectivity index (χ0n) is 8.73. The quantitative estimate of drug-likeness (QED) is 0.822. The molecule has 0 spiro atoms. The average molecular weight is 237 g/mol. The van der Waals surface area contributed by atoms with Crippen molar-refractivity contribution in [3.63, 3.8) is 0 Å². The normalized spacial score (nSPS) is 10.3. The zero-order valence-corrected chi connectivity index (χ0v) is 9.54. The van der Waals surface area contributed by atoms with Gasteiger partial charge in [0, 0.05) is 11.1 Å². The molecule has 0 saturated heterocycles. The van der Waals surface area contributed by atoms with Crippen molar-refractivity contribution in [3.05, 3.63) is 28.0 Å². The Bertz CT molecular complexity index is 464. The van der Waals surface area contributed by atoms with E-state index in [2.05, 4.69) is 32.6 Å². The molecule has 2 rings (SSSR count). The number of hydrogen-bond donors (Lipinski definition) is 2. The Hall–Kier alpha value is -1.76. The lowest BCUT2D eigenvalue weighted by atomic mass is 10.4. The number of amides is 1. The number of aromatic nitrogens is 4. The Morgan fingerprint density at radius 1 is 1.56 bits per heavy atom. The molecule has 2 aromatic heterocycles. The maximum Gasteiger partial charge on any atom is 0.273 e. The molecule has 1 amide bonds. The smallest absolute Gasteiger partial charge is 0.273 e. The largest absolute Gasteiger partial charge is 0.344 e. The van der Waals surface area contributed by atoms with Crippen LogP contribution in [0.2, 0.25) is 0 Å². The summed E-state index contributed by atoms with van der Waals surface area (Å²) in [6, 6.07) is 0. The minimum Gasteiger partial charge on any atom is -0.344 e. The fourth-order valence-electron chi connectivity index (χ4n) is 1.15. The lowest BCUT2D eigenvalue weighted by molar-refractivity contribution is 0.0946. The highest BCUT2D eigenvalue weighted by atomic mass is 32.1. The number of H-pyrrole nitrogens is 1. The van der Waals surface area contributed by atoms with Crippen LogP contribution in [0.3, 0.4) is 0 Å². The Morgan fingerprint density at radius 2 is 2.44 bits per heavy atom. The molecule has 0 bridgehead atoms. The van der Waals surface area contributed by atoms with Crippen molar-refractivity contribution in [2.75, 3.05) is 0 Å². The van der Waals surface area contributed by atoms with Gasteiger partial charge in [-0.1, -0.05) is 6.92 Å². The van der Waals surface area contributed by atoms with E-state index in [0.717, 1.165) is 11.4 Å². The minimum atomic E-state index is -0.248. The molecule has 2 aromatic rings. The summed E-state index contributed by atoms with van der Waals surface area (Å²) in [6.07, 6.45) is 4.19. The number of aromatic amines is 1. The van der Waals surface area contributed by atoms with E-state index in [0.29, 0.717) is 6.54 Å². The maximum atomic E-state index is 11.5. The molecular formula is C9H11N5OS. The fourth-order valence-corrected chi connectivity index (χ4v) is 1.95. The number of rotatable bonds is 4. The van der Waals surface area contributed by atoms with E-state index in [-0.39, 0.29) is 11.6 Å². The number of nitrogens with zero attached hydrogens (tertiary/aromatic N) is 3. The van der Waals surface area contributed by atoms with Crippen LogP contribution in [0, 0.1) is 0 Å². The van der Waals surface area contributed by atoms with Crippen molar-refractivity contribution in [3.8, 4) is 0 Å². The second-order valence-corrected chi connectivity index (χ2v) is 4.31. The number of hydrogen-bond acceptors (Lipinski definition) is 5. The molecule has 0 aliphatic rings. The molecule has 7 heteroatoms. The molecular weight excluding hydrogens is 226 g/mol. The van der Waals surface area contributed by atoms with Crippen molar-refractivity contribution in [2.45, 2.75) is 19.9 Å². The highest BCUT2D eigenvalue weighted by molar-refractivity contribution is 7.11. The van der Waals surface area contributed by atoms with E-state index in [1.165, 1.54) is 11.1 Å². The summed E-state index contributed by atoms with van der Waals surface area (Å²) in [7, 11) is 0. The Kier molecular flexibility index (Phi) is 3.25. The highest BCUT2D eigenvalue weighted by Gasteiger charge is 2.08. The molecule has 0 radical (unpaired) electrons. The number of carbonyl (C=O) groups excluding carboxylic acids is 1. The van der Waals surface area contributed by atoms with Gasteiger partial charge in [0.15, 0.2) is 5.69 Å². The van der Waals surface area contributed by atoms with Gasteiger partial charge in [-0.05, 0) is 6.42 Å². The van der Waals surface area contributed by atoms with Gasteiger partial charge in [-0.15, -0.1) is 11.3 Å². The number of thiazole rings is 1. The summed E-state index contributed by atoms with van der Waals surface area (Å²) >= 11 is 1.60. The molecule has 0 atom stereocenters. The van der Waals surface area contributed by atoms with E-state index in [1.807, 2.05) is 6.20 Å². The molecule has 2 N–H and O–H groups in total. The first-order valence-corrected chi connectivity index (χ1v) is 5.68. The van der Waals surface area contributed by atoms with E-state index in [1.54, 1.807) is 11.3 Å². The summed E-state index contributed by atoms with van der Waals surface area (Å²) in [5.41, 5.74) is 0.285. The minimum absolute atomic E-state index is 0.248. The van der Waals surface area contributed by atoms with Crippen molar-refractivity contribution < 1.29 is 4.79 Å². The maximum absolute atomic E-state index is 11.5. The van der Waals surface area contributed by atoms with Gasteiger partial charge in [-0.2, -0.15) is 15.4 Å². The van der Waals surface area contributed by atoms with Crippen LogP contribution in [0.25, 0.3) is 0 Å². The van der Waals surface area contributed by atoms with Gasteiger partial charge >= 0.3 is 0 Å². The van der Waals surface area contributed by atoms with Crippen LogP contribution in [0.15, 0.2) is 12.4 Å². The predicted octanol–water partition coefficient (Wildman–Crippen LogP) is 0.754. The number of carbonyl (C=O) groups is 1. The predicted molar refractivity (Wildman–Crippen MR) is 59.0 cm³/mol. The van der Waals surface area contributed by atoms with Crippen LogP contribution in [-0.4, -0.2) is 26.3 Å². The monoisotopic (exact) mass is 237 g/mol. The van der Waals surface area contributed by atoms with Gasteiger partial charge in [-0.25, -0.2) is 4.98 Å². The van der Waals surface area contributed by atoms with Crippen molar-refractivity contribution in [2.24, 2.45) is 0 Å². The summed E-state index contributed by atoms with van der Waals surface area (Å²) in [6.45, 7) is 2.50. The first-order valence-electron chi connectivity index (χ1n) is 4.87. The molecule has 0 aliphatic carbocycles. The standard InChI is InChI=1S/C9H11N5OS/c1-2-6-3-10-8(16-6)5-11-9(15)7-4-12-14-13-7/h3-4H,2,5H2,1H3,(H,11,15)(H,12,13,14). The summed E-state index contributed by atoms with van der Waals surface area (Å²) in [5.74, 6) is -0.248. The fraction of sp³-hybridized carbons (Fsp3) is 0.333. The summed E-state index contributed by atoms with van der Waals surface area (Å²) in [5, 5.41) is 13.3. The first-order chi connectivity index (χ1) is 7.79. The Morgan fingerprint density at radius 3 is 3.06 bits per heavy atom. The zero-order chi connectivity index (χ0) is 11.4. The molecule has 2 heterocycles. The van der Waals surface area contributed by atoms with Crippen molar-refractivity contribution >= 4 is 17.2 Å². The van der Waals surface area contributed by atoms with E-state index in [4.69, 9.17) is 0 Å². The molecule has 0 unspecified atom stereocenters. The van der Waals surface area contributed by atoms with E-state index in [9.17, 15) is 4.79 Å². The van der Waals surface area contributed by atoms with Crippen LogP contribution in [0.1, 0.15) is 27.3 Å². The van der Waals surface area contributed by atoms with E-state index >= 15 is 0 Å². The lowest BCUT2D eigenvalue weighted by Gasteiger charge is -1.98. The number of aryl methyl sites for hydroxylation is 1. The average Bonchev–Trinajstić information content (AvgIpc) is 2.96. The van der Waals surface area contributed by atoms with Crippen molar-refractivity contribution in [1.29, 1.82) is 0 Å². The van der Waals surface area contributed by atoms with Gasteiger partial charge in [0.1, 0.15) is 5.01 Å². The van der Waals surface area contributed by atoms with Crippen LogP contribution in [-0.2, 0) is 13.0 Å². The van der Waals surface area contributed by atoms with Gasteiger partial charge in [-0.3, -0.25) is 4.79 Å². The van der Waals surface area contributed by atoms with Crippen molar-refractivity contribution in [1.82, 2.24) is 25.7 Å². The van der Waals surface area contributed by atoms with Crippen LogP contribution >= 0.6 is 11.3 Å². The molecule has 0 fully saturated rings. The highest BCUT2D eigenvalue weighted by Crippen LogP contribution is 2.12. The molecule has 6 nitrogen and oxygen atoms in total. The third-order valence-corrected chi connectivity index (χ3v) is 3.14. The Balaban J connectivity index is 1.90.